The molecule has 1 aliphatic heterocycles. The Bertz CT molecular complexity index is 145. The predicted molar refractivity (Wildman–Crippen MR) is 37.3 cm³/mol. The lowest BCUT2D eigenvalue weighted by Gasteiger charge is -2.08. The van der Waals surface area contributed by atoms with E-state index in [2.05, 4.69) is 9.97 Å². The number of carbonyl (C=O) groups excluding carboxylic acids is 1. The van der Waals surface area contributed by atoms with Gasteiger partial charge in [0.2, 0.25) is 0 Å². The summed E-state index contributed by atoms with van der Waals surface area (Å²) in [6, 6.07) is -0.364. The topological polar surface area (TPSA) is 78.8 Å². The number of hydrogen-bond donors (Lipinski definition) is 3. The molecule has 0 saturated carbocycles. The van der Waals surface area contributed by atoms with E-state index in [1.54, 1.807) is 0 Å². The van der Waals surface area contributed by atoms with Gasteiger partial charge in [0, 0.05) is 0 Å². The molecule has 1 saturated heterocycles. The Labute approximate surface area is 64.5 Å². The molecule has 1 rings (SSSR count). The number of nitrogens with one attached hydrogen (secondary N) is 1. The molecule has 5 nitrogen and oxygen atoms in total. The minimum absolute atomic E-state index is 0.364. The fraction of sp³-hybridized carbons (Fsp3) is 0.800. The first kappa shape index (κ1) is 8.51. The van der Waals surface area contributed by atoms with E-state index in [1.165, 1.54) is 0 Å². The van der Waals surface area contributed by atoms with Crippen molar-refractivity contribution in [2.75, 3.05) is 6.54 Å². The van der Waals surface area contributed by atoms with Crippen LogP contribution < -0.4 is 5.32 Å². The molecule has 0 aromatic rings. The van der Waals surface area contributed by atoms with Crippen LogP contribution in [0.3, 0.4) is 0 Å². The Hall–Kier alpha value is -0.585. The second-order valence-electron chi connectivity index (χ2n) is 2.41. The van der Waals surface area contributed by atoms with Crippen molar-refractivity contribution in [3.8, 4) is 0 Å². The minimum atomic E-state index is -2.00. The SMILES string of the molecule is O=C(OB(O)O)[C@@H]1CCCN1. The fourth-order valence-corrected chi connectivity index (χ4v) is 1.07. The molecule has 3 N–H and O–H groups in total. The highest BCUT2D eigenvalue weighted by Gasteiger charge is 2.26. The Morgan fingerprint density at radius 3 is 2.82 bits per heavy atom. The number of hydrogen-bond acceptors (Lipinski definition) is 5. The van der Waals surface area contributed by atoms with E-state index in [9.17, 15) is 4.79 Å². The number of carbonyl (C=O) groups is 1. The first-order valence-corrected chi connectivity index (χ1v) is 3.50. The molecule has 0 aliphatic carbocycles. The molecule has 0 bridgehead atoms. The Morgan fingerprint density at radius 2 is 2.36 bits per heavy atom. The molecule has 6 heteroatoms. The van der Waals surface area contributed by atoms with Crippen LogP contribution in [0.2, 0.25) is 0 Å². The molecule has 1 fully saturated rings. The van der Waals surface area contributed by atoms with E-state index >= 15 is 0 Å². The van der Waals surface area contributed by atoms with Crippen molar-refractivity contribution >= 4 is 13.3 Å². The van der Waals surface area contributed by atoms with Gasteiger partial charge in [0.25, 0.3) is 0 Å². The molecule has 1 atom stereocenters. The summed E-state index contributed by atoms with van der Waals surface area (Å²) in [6.45, 7) is 0.779. The Kier molecular flexibility index (Phi) is 2.87. The molecule has 0 aromatic heterocycles. The van der Waals surface area contributed by atoms with Crippen LogP contribution in [-0.4, -0.2) is 35.9 Å². The van der Waals surface area contributed by atoms with Crippen molar-refractivity contribution in [1.82, 2.24) is 5.32 Å². The van der Waals surface area contributed by atoms with Crippen molar-refractivity contribution in [3.05, 3.63) is 0 Å². The summed E-state index contributed by atoms with van der Waals surface area (Å²) in [6.07, 6.45) is 1.62. The van der Waals surface area contributed by atoms with Gasteiger partial charge in [-0.25, -0.2) is 0 Å². The van der Waals surface area contributed by atoms with Gasteiger partial charge in [-0.15, -0.1) is 0 Å². The third-order valence-electron chi connectivity index (χ3n) is 1.57. The van der Waals surface area contributed by atoms with Gasteiger partial charge in [0.1, 0.15) is 6.04 Å². The van der Waals surface area contributed by atoms with Crippen molar-refractivity contribution in [2.24, 2.45) is 0 Å². The van der Waals surface area contributed by atoms with Crippen molar-refractivity contribution in [3.63, 3.8) is 0 Å². The molecular weight excluding hydrogens is 149 g/mol. The monoisotopic (exact) mass is 159 g/mol. The molecule has 0 radical (unpaired) electrons. The van der Waals surface area contributed by atoms with Gasteiger partial charge in [-0.05, 0) is 19.4 Å². The molecular formula is C5H10BNO4. The van der Waals surface area contributed by atoms with E-state index in [0.717, 1.165) is 13.0 Å². The normalized spacial score (nSPS) is 23.3. The second kappa shape index (κ2) is 3.70. The highest BCUT2D eigenvalue weighted by atomic mass is 16.6. The zero-order chi connectivity index (χ0) is 8.27. The highest BCUT2D eigenvalue weighted by molar-refractivity contribution is 6.35. The molecule has 0 amide bonds. The molecule has 1 aliphatic rings. The van der Waals surface area contributed by atoms with Crippen LogP contribution in [0.4, 0.5) is 0 Å². The maximum atomic E-state index is 10.9. The predicted octanol–water partition coefficient (Wildman–Crippen LogP) is -1.75. The molecule has 0 unspecified atom stereocenters. The van der Waals surface area contributed by atoms with E-state index in [1.807, 2.05) is 0 Å². The van der Waals surface area contributed by atoms with Gasteiger partial charge in [-0.2, -0.15) is 0 Å². The lowest BCUT2D eigenvalue weighted by Crippen LogP contribution is -2.36. The van der Waals surface area contributed by atoms with Gasteiger partial charge in [0.05, 0.1) is 0 Å². The van der Waals surface area contributed by atoms with Crippen LogP contribution in [0, 0.1) is 0 Å². The summed E-state index contributed by atoms with van der Waals surface area (Å²) >= 11 is 0. The van der Waals surface area contributed by atoms with E-state index in [-0.39, 0.29) is 6.04 Å². The summed E-state index contributed by atoms with van der Waals surface area (Å²) in [5, 5.41) is 19.4. The van der Waals surface area contributed by atoms with Crippen LogP contribution in [0.1, 0.15) is 12.8 Å². The van der Waals surface area contributed by atoms with Crippen LogP contribution in [0.25, 0.3) is 0 Å². The van der Waals surface area contributed by atoms with Crippen LogP contribution >= 0.6 is 0 Å². The van der Waals surface area contributed by atoms with Gasteiger partial charge in [-0.1, -0.05) is 0 Å². The summed E-state index contributed by atoms with van der Waals surface area (Å²) in [7, 11) is -2.00. The van der Waals surface area contributed by atoms with E-state index in [4.69, 9.17) is 10.0 Å². The summed E-state index contributed by atoms with van der Waals surface area (Å²) in [4.78, 5) is 10.9. The van der Waals surface area contributed by atoms with Gasteiger partial charge in [0.15, 0.2) is 0 Å². The zero-order valence-corrected chi connectivity index (χ0v) is 5.99. The van der Waals surface area contributed by atoms with Crippen molar-refractivity contribution in [1.29, 1.82) is 0 Å². The molecule has 0 aromatic carbocycles. The third kappa shape index (κ3) is 2.49. The quantitative estimate of drug-likeness (QED) is 0.416. The van der Waals surface area contributed by atoms with E-state index in [0.29, 0.717) is 6.42 Å². The smallest absolute Gasteiger partial charge is 0.484 e. The van der Waals surface area contributed by atoms with Crippen LogP contribution in [0.5, 0.6) is 0 Å². The maximum Gasteiger partial charge on any atom is 0.709 e. The standard InChI is InChI=1S/C5H10BNO4/c8-5(11-6(9)10)4-2-1-3-7-4/h4,7,9-10H,1-3H2/t4-/m0/s1. The Balaban J connectivity index is 2.28. The fourth-order valence-electron chi connectivity index (χ4n) is 1.07. The molecule has 62 valence electrons. The van der Waals surface area contributed by atoms with Crippen molar-refractivity contribution < 1.29 is 19.5 Å². The van der Waals surface area contributed by atoms with Gasteiger partial charge >= 0.3 is 13.3 Å². The first-order valence-electron chi connectivity index (χ1n) is 3.50. The lowest BCUT2D eigenvalue weighted by atomic mass is 10.2. The summed E-state index contributed by atoms with van der Waals surface area (Å²) < 4.78 is 4.14. The largest absolute Gasteiger partial charge is 0.709 e. The summed E-state index contributed by atoms with van der Waals surface area (Å²) in [5.74, 6) is -0.600. The average Bonchev–Trinajstić information content (AvgIpc) is 2.35. The van der Waals surface area contributed by atoms with Gasteiger partial charge < -0.3 is 20.0 Å². The van der Waals surface area contributed by atoms with Gasteiger partial charge in [-0.3, -0.25) is 4.79 Å². The minimum Gasteiger partial charge on any atom is -0.484 e. The average molecular weight is 159 g/mol. The third-order valence-corrected chi connectivity index (χ3v) is 1.57. The summed E-state index contributed by atoms with van der Waals surface area (Å²) in [5.41, 5.74) is 0. The Morgan fingerprint density at radius 1 is 1.64 bits per heavy atom. The van der Waals surface area contributed by atoms with Crippen LogP contribution in [-0.2, 0) is 9.45 Å². The molecule has 0 spiro atoms. The highest BCUT2D eigenvalue weighted by Crippen LogP contribution is 2.06. The van der Waals surface area contributed by atoms with Crippen molar-refractivity contribution in [2.45, 2.75) is 18.9 Å². The molecule has 1 heterocycles. The van der Waals surface area contributed by atoms with Crippen LogP contribution in [0.15, 0.2) is 0 Å². The van der Waals surface area contributed by atoms with E-state index < -0.39 is 13.3 Å². The molecule has 11 heavy (non-hydrogen) atoms. The first-order chi connectivity index (χ1) is 5.20. The maximum absolute atomic E-state index is 10.9. The lowest BCUT2D eigenvalue weighted by molar-refractivity contribution is -0.138. The number of rotatable bonds is 2. The second-order valence-corrected chi connectivity index (χ2v) is 2.41. The zero-order valence-electron chi connectivity index (χ0n) is 5.99.